The van der Waals surface area contributed by atoms with Gasteiger partial charge in [0.25, 0.3) is 0 Å². The lowest BCUT2D eigenvalue weighted by Crippen LogP contribution is -2.23. The lowest BCUT2D eigenvalue weighted by atomic mass is 10.2. The Morgan fingerprint density at radius 3 is 2.80 bits per heavy atom. The van der Waals surface area contributed by atoms with Crippen LogP contribution in [0.3, 0.4) is 0 Å². The van der Waals surface area contributed by atoms with Gasteiger partial charge in [-0.3, -0.25) is 4.79 Å². The van der Waals surface area contributed by atoms with Crippen LogP contribution in [0.15, 0.2) is 18.2 Å². The van der Waals surface area contributed by atoms with Gasteiger partial charge in [-0.25, -0.2) is 4.98 Å². The molecule has 4 nitrogen and oxygen atoms in total. The summed E-state index contributed by atoms with van der Waals surface area (Å²) in [5.74, 6) is -0.453. The van der Waals surface area contributed by atoms with Crippen molar-refractivity contribution in [3.63, 3.8) is 0 Å². The highest BCUT2D eigenvalue weighted by atomic mass is 32.1. The lowest BCUT2D eigenvalue weighted by molar-refractivity contribution is -0.137. The maximum atomic E-state index is 12.6. The molecule has 108 valence electrons. The normalized spacial score (nSPS) is 13.4. The number of fused-ring (bicyclic) bond motifs is 1. The Morgan fingerprint density at radius 2 is 2.20 bits per heavy atom. The molecule has 0 aliphatic heterocycles. The van der Waals surface area contributed by atoms with Crippen molar-refractivity contribution in [2.45, 2.75) is 25.6 Å². The van der Waals surface area contributed by atoms with Crippen molar-refractivity contribution in [2.24, 2.45) is 5.73 Å². The largest absolute Gasteiger partial charge is 0.416 e. The molecule has 1 aromatic carbocycles. The molecule has 0 saturated heterocycles. The first-order chi connectivity index (χ1) is 9.25. The van der Waals surface area contributed by atoms with E-state index < -0.39 is 17.6 Å². The molecule has 0 spiro atoms. The highest BCUT2D eigenvalue weighted by Gasteiger charge is 2.30. The van der Waals surface area contributed by atoms with Crippen molar-refractivity contribution in [2.75, 3.05) is 5.32 Å². The van der Waals surface area contributed by atoms with Gasteiger partial charge in [0.1, 0.15) is 0 Å². The van der Waals surface area contributed by atoms with E-state index in [1.54, 1.807) is 6.92 Å². The third-order valence-corrected chi connectivity index (χ3v) is 3.56. The second-order valence-corrected chi connectivity index (χ2v) is 5.45. The van der Waals surface area contributed by atoms with Crippen molar-refractivity contribution in [1.29, 1.82) is 0 Å². The van der Waals surface area contributed by atoms with Crippen LogP contribution in [0, 0.1) is 0 Å². The minimum atomic E-state index is -4.38. The van der Waals surface area contributed by atoms with E-state index in [9.17, 15) is 18.0 Å². The molecule has 1 heterocycles. The number of anilines is 1. The molecule has 8 heteroatoms. The van der Waals surface area contributed by atoms with Crippen LogP contribution in [0.1, 0.15) is 18.9 Å². The van der Waals surface area contributed by atoms with Crippen LogP contribution in [0.25, 0.3) is 10.2 Å². The summed E-state index contributed by atoms with van der Waals surface area (Å²) in [6.07, 6.45) is -4.26. The zero-order valence-corrected chi connectivity index (χ0v) is 11.3. The topological polar surface area (TPSA) is 68.0 Å². The lowest BCUT2D eigenvalue weighted by Gasteiger charge is -2.09. The van der Waals surface area contributed by atoms with Crippen molar-refractivity contribution in [3.8, 4) is 0 Å². The van der Waals surface area contributed by atoms with Gasteiger partial charge >= 0.3 is 6.18 Å². The molecule has 0 saturated carbocycles. The molecule has 1 atom stereocenters. The third kappa shape index (κ3) is 3.38. The number of alkyl halides is 3. The summed E-state index contributed by atoms with van der Waals surface area (Å²) in [6.45, 7) is 1.75. The number of aromatic nitrogens is 1. The molecule has 0 aliphatic carbocycles. The Labute approximate surface area is 116 Å². The molecule has 2 rings (SSSR count). The van der Waals surface area contributed by atoms with Gasteiger partial charge in [0.15, 0.2) is 5.13 Å². The second kappa shape index (κ2) is 5.28. The van der Waals surface area contributed by atoms with Crippen LogP contribution in [-0.4, -0.2) is 16.9 Å². The first-order valence-electron chi connectivity index (χ1n) is 5.78. The number of amides is 1. The number of carbonyl (C=O) groups excluding carboxylic acids is 1. The Hall–Kier alpha value is -1.83. The summed E-state index contributed by atoms with van der Waals surface area (Å²) >= 11 is 1.23. The number of carbonyl (C=O) groups is 1. The molecule has 0 aliphatic rings. The third-order valence-electron chi connectivity index (χ3n) is 2.59. The predicted octanol–water partition coefficient (Wildman–Crippen LogP) is 2.99. The summed E-state index contributed by atoms with van der Waals surface area (Å²) < 4.78 is 38.4. The minimum absolute atomic E-state index is 0.129. The summed E-state index contributed by atoms with van der Waals surface area (Å²) in [4.78, 5) is 14.9. The second-order valence-electron chi connectivity index (χ2n) is 4.42. The van der Waals surface area contributed by atoms with Crippen LogP contribution < -0.4 is 11.1 Å². The van der Waals surface area contributed by atoms with Crippen molar-refractivity contribution in [3.05, 3.63) is 23.8 Å². The molecule has 0 fully saturated rings. The van der Waals surface area contributed by atoms with Gasteiger partial charge in [-0.05, 0) is 25.1 Å². The Morgan fingerprint density at radius 1 is 1.50 bits per heavy atom. The minimum Gasteiger partial charge on any atom is -0.370 e. The average molecular weight is 303 g/mol. The average Bonchev–Trinajstić information content (AvgIpc) is 2.66. The Kier molecular flexibility index (Phi) is 3.85. The summed E-state index contributed by atoms with van der Waals surface area (Å²) in [7, 11) is 0. The molecule has 2 aromatic rings. The first-order valence-corrected chi connectivity index (χ1v) is 6.60. The van der Waals surface area contributed by atoms with Crippen molar-refractivity contribution in [1.82, 2.24) is 4.98 Å². The van der Waals surface area contributed by atoms with E-state index in [1.165, 1.54) is 17.4 Å². The van der Waals surface area contributed by atoms with Gasteiger partial charge in [0, 0.05) is 12.5 Å². The van der Waals surface area contributed by atoms with Gasteiger partial charge in [-0.15, -0.1) is 0 Å². The highest BCUT2D eigenvalue weighted by molar-refractivity contribution is 7.22. The Bertz CT molecular complexity index is 638. The molecule has 0 bridgehead atoms. The Balaban J connectivity index is 2.23. The van der Waals surface area contributed by atoms with Crippen LogP contribution in [0.2, 0.25) is 0 Å². The summed E-state index contributed by atoms with van der Waals surface area (Å²) in [5.41, 5.74) is 4.62. The fourth-order valence-corrected chi connectivity index (χ4v) is 2.69. The van der Waals surface area contributed by atoms with Gasteiger partial charge in [0.2, 0.25) is 5.91 Å². The molecular weight excluding hydrogens is 291 g/mol. The van der Waals surface area contributed by atoms with Crippen LogP contribution in [0.4, 0.5) is 18.3 Å². The number of halogens is 3. The number of rotatable bonds is 4. The zero-order chi connectivity index (χ0) is 14.9. The van der Waals surface area contributed by atoms with Crippen LogP contribution >= 0.6 is 11.3 Å². The standard InChI is InChI=1S/C12H12F3N3OS/c1-6(4-10(16)19)17-11-18-8-5-7(12(13,14)15)2-3-9(8)20-11/h2-3,5-6H,4H2,1H3,(H2,16,19)(H,17,18). The van der Waals surface area contributed by atoms with E-state index in [1.807, 2.05) is 0 Å². The molecular formula is C12H12F3N3OS. The van der Waals surface area contributed by atoms with Gasteiger partial charge < -0.3 is 11.1 Å². The quantitative estimate of drug-likeness (QED) is 0.912. The number of nitrogens with two attached hydrogens (primary N) is 1. The van der Waals surface area contributed by atoms with E-state index in [0.717, 1.165) is 12.1 Å². The van der Waals surface area contributed by atoms with Crippen molar-refractivity contribution < 1.29 is 18.0 Å². The van der Waals surface area contributed by atoms with E-state index in [4.69, 9.17) is 5.73 Å². The van der Waals surface area contributed by atoms with E-state index in [-0.39, 0.29) is 18.0 Å². The predicted molar refractivity (Wildman–Crippen MR) is 71.5 cm³/mol. The molecule has 1 aromatic heterocycles. The monoisotopic (exact) mass is 303 g/mol. The first kappa shape index (κ1) is 14.6. The number of thiazole rings is 1. The molecule has 0 radical (unpaired) electrons. The number of benzene rings is 1. The van der Waals surface area contributed by atoms with E-state index >= 15 is 0 Å². The fraction of sp³-hybridized carbons (Fsp3) is 0.333. The van der Waals surface area contributed by atoms with Crippen molar-refractivity contribution >= 4 is 32.6 Å². The fourth-order valence-electron chi connectivity index (χ4n) is 1.73. The van der Waals surface area contributed by atoms with E-state index in [2.05, 4.69) is 10.3 Å². The van der Waals surface area contributed by atoms with Gasteiger partial charge in [-0.1, -0.05) is 11.3 Å². The van der Waals surface area contributed by atoms with Crippen LogP contribution in [-0.2, 0) is 11.0 Å². The maximum Gasteiger partial charge on any atom is 0.416 e. The summed E-state index contributed by atoms with van der Waals surface area (Å²) in [5, 5.41) is 3.41. The molecule has 1 unspecified atom stereocenters. The smallest absolute Gasteiger partial charge is 0.370 e. The number of hydrogen-bond donors (Lipinski definition) is 2. The van der Waals surface area contributed by atoms with Gasteiger partial charge in [0.05, 0.1) is 15.8 Å². The maximum absolute atomic E-state index is 12.6. The summed E-state index contributed by atoms with van der Waals surface area (Å²) in [6, 6.07) is 3.20. The molecule has 1 amide bonds. The number of primary amides is 1. The van der Waals surface area contributed by atoms with Gasteiger partial charge in [-0.2, -0.15) is 13.2 Å². The zero-order valence-electron chi connectivity index (χ0n) is 10.5. The highest BCUT2D eigenvalue weighted by Crippen LogP contribution is 2.34. The van der Waals surface area contributed by atoms with Crippen LogP contribution in [0.5, 0.6) is 0 Å². The SMILES string of the molecule is CC(CC(N)=O)Nc1nc2cc(C(F)(F)F)ccc2s1. The molecule has 20 heavy (non-hydrogen) atoms. The molecule has 3 N–H and O–H groups in total. The number of nitrogens with one attached hydrogen (secondary N) is 1. The number of hydrogen-bond acceptors (Lipinski definition) is 4. The number of nitrogens with zero attached hydrogens (tertiary/aromatic N) is 1. The van der Waals surface area contributed by atoms with E-state index in [0.29, 0.717) is 9.83 Å².